The summed E-state index contributed by atoms with van der Waals surface area (Å²) in [5, 5.41) is 0. The number of pyridine rings is 1. The molecule has 2 aromatic rings. The smallest absolute Gasteiger partial charge is 0.254 e. The molecule has 1 saturated heterocycles. The van der Waals surface area contributed by atoms with Gasteiger partial charge in [0, 0.05) is 49.1 Å². The number of ether oxygens (including phenoxy) is 1. The Kier molecular flexibility index (Phi) is 4.31. The summed E-state index contributed by atoms with van der Waals surface area (Å²) < 4.78 is 5.32. The standard InChI is InChI=1S/C22H26N4O3/c1-29-14-22(8-9-22)20(28)26-11-3-6-21(13-26)7-5-16-17(21)24-18(25-19(16)27)15-4-2-10-23-12-15/h2,4,10,12H,3,5-9,11,13-14H2,1H3,(H,24,25,27). The Bertz CT molecular complexity index is 999. The number of likely N-dealkylation sites (tertiary alicyclic amines) is 1. The van der Waals surface area contributed by atoms with Crippen molar-refractivity contribution < 1.29 is 9.53 Å². The van der Waals surface area contributed by atoms with Crippen molar-refractivity contribution in [2.75, 3.05) is 26.8 Å². The van der Waals surface area contributed by atoms with E-state index in [1.54, 1.807) is 19.5 Å². The summed E-state index contributed by atoms with van der Waals surface area (Å²) in [5.41, 5.74) is 1.86. The molecule has 1 unspecified atom stereocenters. The van der Waals surface area contributed by atoms with E-state index in [-0.39, 0.29) is 22.3 Å². The molecule has 5 rings (SSSR count). The number of amides is 1. The number of aromatic nitrogens is 3. The predicted octanol–water partition coefficient (Wildman–Crippen LogP) is 2.06. The molecule has 0 bridgehead atoms. The van der Waals surface area contributed by atoms with Gasteiger partial charge in [-0.25, -0.2) is 4.98 Å². The van der Waals surface area contributed by atoms with E-state index in [9.17, 15) is 9.59 Å². The molecule has 2 aliphatic carbocycles. The number of fused-ring (bicyclic) bond motifs is 2. The largest absolute Gasteiger partial charge is 0.384 e. The Balaban J connectivity index is 1.49. The van der Waals surface area contributed by atoms with Crippen LogP contribution in [-0.2, 0) is 21.4 Å². The number of carbonyl (C=O) groups is 1. The van der Waals surface area contributed by atoms with Crippen LogP contribution in [0.2, 0.25) is 0 Å². The second-order valence-corrected chi connectivity index (χ2v) is 8.81. The summed E-state index contributed by atoms with van der Waals surface area (Å²) in [5.74, 6) is 0.772. The first-order valence-corrected chi connectivity index (χ1v) is 10.4. The molecular formula is C22H26N4O3. The monoisotopic (exact) mass is 394 g/mol. The molecule has 3 aliphatic rings. The van der Waals surface area contributed by atoms with Crippen molar-refractivity contribution in [1.29, 1.82) is 0 Å². The molecule has 0 aromatic carbocycles. The fourth-order valence-corrected chi connectivity index (χ4v) is 5.18. The van der Waals surface area contributed by atoms with Crippen molar-refractivity contribution in [2.45, 2.75) is 43.9 Å². The lowest BCUT2D eigenvalue weighted by molar-refractivity contribution is -0.141. The highest BCUT2D eigenvalue weighted by Crippen LogP contribution is 2.50. The number of nitrogens with one attached hydrogen (secondary N) is 1. The van der Waals surface area contributed by atoms with Crippen LogP contribution < -0.4 is 5.56 Å². The van der Waals surface area contributed by atoms with Crippen LogP contribution in [-0.4, -0.2) is 52.6 Å². The van der Waals surface area contributed by atoms with Crippen molar-refractivity contribution in [3.8, 4) is 11.4 Å². The van der Waals surface area contributed by atoms with Crippen LogP contribution in [0.3, 0.4) is 0 Å². The topological polar surface area (TPSA) is 88.2 Å². The highest BCUT2D eigenvalue weighted by molar-refractivity contribution is 5.85. The molecule has 7 heteroatoms. The van der Waals surface area contributed by atoms with Gasteiger partial charge in [-0.3, -0.25) is 14.6 Å². The summed E-state index contributed by atoms with van der Waals surface area (Å²) in [4.78, 5) is 40.0. The number of methoxy groups -OCH3 is 1. The number of rotatable bonds is 4. The molecule has 1 spiro atoms. The van der Waals surface area contributed by atoms with Crippen LogP contribution in [0.5, 0.6) is 0 Å². The van der Waals surface area contributed by atoms with Gasteiger partial charge in [0.1, 0.15) is 5.82 Å². The van der Waals surface area contributed by atoms with Crippen LogP contribution in [0.1, 0.15) is 43.4 Å². The average Bonchev–Trinajstić information content (AvgIpc) is 3.45. The first-order valence-electron chi connectivity index (χ1n) is 10.4. The van der Waals surface area contributed by atoms with Crippen molar-refractivity contribution in [1.82, 2.24) is 19.9 Å². The minimum atomic E-state index is -0.322. The van der Waals surface area contributed by atoms with Crippen molar-refractivity contribution in [3.63, 3.8) is 0 Å². The lowest BCUT2D eigenvalue weighted by Crippen LogP contribution is -2.51. The zero-order valence-corrected chi connectivity index (χ0v) is 16.7. The number of carbonyl (C=O) groups excluding carboxylic acids is 1. The zero-order chi connectivity index (χ0) is 20.1. The summed E-state index contributed by atoms with van der Waals surface area (Å²) in [7, 11) is 1.66. The second kappa shape index (κ2) is 6.76. The summed E-state index contributed by atoms with van der Waals surface area (Å²) >= 11 is 0. The van der Waals surface area contributed by atoms with E-state index in [0.29, 0.717) is 19.0 Å². The Hall–Kier alpha value is -2.54. The molecule has 1 aliphatic heterocycles. The molecule has 152 valence electrons. The van der Waals surface area contributed by atoms with Crippen LogP contribution in [0.25, 0.3) is 11.4 Å². The van der Waals surface area contributed by atoms with Crippen LogP contribution in [0, 0.1) is 5.41 Å². The van der Waals surface area contributed by atoms with Gasteiger partial charge < -0.3 is 14.6 Å². The average molecular weight is 394 g/mol. The molecular weight excluding hydrogens is 368 g/mol. The Morgan fingerprint density at radius 2 is 2.17 bits per heavy atom. The van der Waals surface area contributed by atoms with Gasteiger partial charge in [0.15, 0.2) is 0 Å². The summed E-state index contributed by atoms with van der Waals surface area (Å²) in [6.07, 6.45) is 8.71. The van der Waals surface area contributed by atoms with Crippen LogP contribution in [0.4, 0.5) is 0 Å². The van der Waals surface area contributed by atoms with Crippen LogP contribution in [0.15, 0.2) is 29.3 Å². The lowest BCUT2D eigenvalue weighted by atomic mass is 9.77. The van der Waals surface area contributed by atoms with Crippen molar-refractivity contribution in [2.24, 2.45) is 5.41 Å². The highest BCUT2D eigenvalue weighted by Gasteiger charge is 2.54. The van der Waals surface area contributed by atoms with Gasteiger partial charge in [0.05, 0.1) is 17.7 Å². The number of piperidine rings is 1. The number of hydrogen-bond acceptors (Lipinski definition) is 5. The minimum absolute atomic E-state index is 0.0628. The second-order valence-electron chi connectivity index (χ2n) is 8.81. The first kappa shape index (κ1) is 18.5. The molecule has 1 N–H and O–H groups in total. The number of nitrogens with zero attached hydrogens (tertiary/aromatic N) is 3. The third kappa shape index (κ3) is 2.99. The quantitative estimate of drug-likeness (QED) is 0.858. The first-order chi connectivity index (χ1) is 14.1. The molecule has 0 radical (unpaired) electrons. The van der Waals surface area contributed by atoms with Gasteiger partial charge in [-0.1, -0.05) is 0 Å². The molecule has 1 amide bonds. The summed E-state index contributed by atoms with van der Waals surface area (Å²) in [6, 6.07) is 3.74. The lowest BCUT2D eigenvalue weighted by Gasteiger charge is -2.41. The van der Waals surface area contributed by atoms with E-state index in [1.165, 1.54) is 0 Å². The molecule has 7 nitrogen and oxygen atoms in total. The minimum Gasteiger partial charge on any atom is -0.384 e. The molecule has 2 aromatic heterocycles. The molecule has 29 heavy (non-hydrogen) atoms. The van der Waals surface area contributed by atoms with Crippen molar-refractivity contribution in [3.05, 3.63) is 46.1 Å². The maximum Gasteiger partial charge on any atom is 0.254 e. The zero-order valence-electron chi connectivity index (χ0n) is 16.7. The highest BCUT2D eigenvalue weighted by atomic mass is 16.5. The van der Waals surface area contributed by atoms with E-state index in [4.69, 9.17) is 9.72 Å². The molecule has 3 heterocycles. The number of hydrogen-bond donors (Lipinski definition) is 1. The van der Waals surface area contributed by atoms with Gasteiger partial charge in [0.2, 0.25) is 5.91 Å². The number of aromatic amines is 1. The van der Waals surface area contributed by atoms with Gasteiger partial charge >= 0.3 is 0 Å². The van der Waals surface area contributed by atoms with Gasteiger partial charge in [-0.15, -0.1) is 0 Å². The fourth-order valence-electron chi connectivity index (χ4n) is 5.18. The Morgan fingerprint density at radius 3 is 2.90 bits per heavy atom. The van der Waals surface area contributed by atoms with Gasteiger partial charge in [-0.05, 0) is 50.7 Å². The third-order valence-corrected chi connectivity index (χ3v) is 6.90. The van der Waals surface area contributed by atoms with Crippen molar-refractivity contribution >= 4 is 5.91 Å². The van der Waals surface area contributed by atoms with Crippen LogP contribution >= 0.6 is 0 Å². The maximum atomic E-state index is 13.2. The van der Waals surface area contributed by atoms with E-state index in [0.717, 1.165) is 61.9 Å². The predicted molar refractivity (Wildman–Crippen MR) is 107 cm³/mol. The fraction of sp³-hybridized carbons (Fsp3) is 0.545. The molecule has 1 atom stereocenters. The van der Waals surface area contributed by atoms with E-state index < -0.39 is 0 Å². The normalized spacial score (nSPS) is 24.5. The van der Waals surface area contributed by atoms with Gasteiger partial charge in [0.25, 0.3) is 5.56 Å². The van der Waals surface area contributed by atoms with E-state index in [2.05, 4.69) is 9.97 Å². The van der Waals surface area contributed by atoms with E-state index in [1.807, 2.05) is 17.0 Å². The Morgan fingerprint density at radius 1 is 1.31 bits per heavy atom. The maximum absolute atomic E-state index is 13.2. The number of H-pyrrole nitrogens is 1. The SMILES string of the molecule is COCC1(C(=O)N2CCCC3(CCc4c3nc(-c3cccnc3)[nH]c4=O)C2)CC1. The Labute approximate surface area is 169 Å². The molecule has 2 fully saturated rings. The summed E-state index contributed by atoms with van der Waals surface area (Å²) in [6.45, 7) is 1.92. The molecule has 1 saturated carbocycles. The third-order valence-electron chi connectivity index (χ3n) is 6.90. The van der Waals surface area contributed by atoms with Gasteiger partial charge in [-0.2, -0.15) is 0 Å². The van der Waals surface area contributed by atoms with E-state index >= 15 is 0 Å².